The van der Waals surface area contributed by atoms with Crippen LogP contribution in [-0.4, -0.2) is 16.0 Å². The van der Waals surface area contributed by atoms with E-state index in [1.165, 1.54) is 0 Å². The minimum atomic E-state index is -4.81. The van der Waals surface area contributed by atoms with E-state index in [2.05, 4.69) is 10.2 Å². The molecule has 2 aromatic rings. The first-order valence-electron chi connectivity index (χ1n) is 5.01. The number of nitrogens with one attached hydrogen (secondary N) is 1. The number of aromatic nitrogens is 2. The number of carbonyl (C=O) groups is 1. The molecule has 0 fully saturated rings. The summed E-state index contributed by atoms with van der Waals surface area (Å²) in [6, 6.07) is 1.93. The number of ketones is 1. The summed E-state index contributed by atoms with van der Waals surface area (Å²) in [7, 11) is 0. The van der Waals surface area contributed by atoms with Crippen LogP contribution in [0.5, 0.6) is 0 Å². The van der Waals surface area contributed by atoms with Gasteiger partial charge in [-0.1, -0.05) is 6.07 Å². The van der Waals surface area contributed by atoms with Gasteiger partial charge in [0.25, 0.3) is 0 Å². The van der Waals surface area contributed by atoms with E-state index >= 15 is 0 Å². The van der Waals surface area contributed by atoms with Crippen LogP contribution in [0, 0.1) is 5.82 Å². The van der Waals surface area contributed by atoms with Crippen molar-refractivity contribution in [2.75, 3.05) is 5.73 Å². The number of nitrogens with two attached hydrogens (primary N) is 1. The SMILES string of the molecule is Nc1[nH]ncc1C(=O)c1ccc(C(F)(F)F)c(F)c1. The Balaban J connectivity index is 2.41. The molecule has 4 nitrogen and oxygen atoms in total. The molecule has 100 valence electrons. The highest BCUT2D eigenvalue weighted by atomic mass is 19.4. The molecule has 0 spiro atoms. The molecule has 0 aliphatic rings. The lowest BCUT2D eigenvalue weighted by Crippen LogP contribution is -2.10. The monoisotopic (exact) mass is 273 g/mol. The van der Waals surface area contributed by atoms with E-state index in [1.807, 2.05) is 0 Å². The number of carbonyl (C=O) groups excluding carboxylic acids is 1. The zero-order chi connectivity index (χ0) is 14.2. The van der Waals surface area contributed by atoms with Crippen LogP contribution in [0.3, 0.4) is 0 Å². The molecule has 1 heterocycles. The number of alkyl halides is 3. The van der Waals surface area contributed by atoms with Gasteiger partial charge in [0.15, 0.2) is 5.78 Å². The van der Waals surface area contributed by atoms with E-state index in [0.29, 0.717) is 12.1 Å². The van der Waals surface area contributed by atoms with Crippen molar-refractivity contribution in [2.24, 2.45) is 0 Å². The van der Waals surface area contributed by atoms with Gasteiger partial charge in [-0.3, -0.25) is 9.89 Å². The normalized spacial score (nSPS) is 11.6. The van der Waals surface area contributed by atoms with E-state index in [4.69, 9.17) is 5.73 Å². The van der Waals surface area contributed by atoms with Crippen molar-refractivity contribution in [2.45, 2.75) is 6.18 Å². The van der Waals surface area contributed by atoms with Gasteiger partial charge in [-0.25, -0.2) is 4.39 Å². The fourth-order valence-corrected chi connectivity index (χ4v) is 1.52. The van der Waals surface area contributed by atoms with Crippen LogP contribution in [0.2, 0.25) is 0 Å². The summed E-state index contributed by atoms with van der Waals surface area (Å²) in [5.74, 6) is -2.26. The van der Waals surface area contributed by atoms with Crippen molar-refractivity contribution >= 4 is 11.6 Å². The number of anilines is 1. The van der Waals surface area contributed by atoms with Crippen LogP contribution >= 0.6 is 0 Å². The van der Waals surface area contributed by atoms with Crippen molar-refractivity contribution in [3.05, 3.63) is 46.9 Å². The fraction of sp³-hybridized carbons (Fsp3) is 0.0909. The lowest BCUT2D eigenvalue weighted by molar-refractivity contribution is -0.140. The molecule has 0 aliphatic carbocycles. The van der Waals surface area contributed by atoms with Crippen LogP contribution in [-0.2, 0) is 6.18 Å². The molecule has 0 bridgehead atoms. The molecule has 0 radical (unpaired) electrons. The van der Waals surface area contributed by atoms with Gasteiger partial charge in [0, 0.05) is 5.56 Å². The second-order valence-electron chi connectivity index (χ2n) is 3.72. The van der Waals surface area contributed by atoms with E-state index < -0.39 is 23.3 Å². The molecule has 2 rings (SSSR count). The molecular weight excluding hydrogens is 266 g/mol. The second-order valence-corrected chi connectivity index (χ2v) is 3.72. The first-order valence-corrected chi connectivity index (χ1v) is 5.01. The number of hydrogen-bond donors (Lipinski definition) is 2. The Labute approximate surface area is 104 Å². The third-order valence-corrected chi connectivity index (χ3v) is 2.45. The van der Waals surface area contributed by atoms with Gasteiger partial charge < -0.3 is 5.73 Å². The first kappa shape index (κ1) is 13.1. The molecule has 0 atom stereocenters. The zero-order valence-electron chi connectivity index (χ0n) is 9.25. The van der Waals surface area contributed by atoms with Gasteiger partial charge >= 0.3 is 6.18 Å². The fourth-order valence-electron chi connectivity index (χ4n) is 1.52. The lowest BCUT2D eigenvalue weighted by atomic mass is 10.0. The van der Waals surface area contributed by atoms with Gasteiger partial charge in [0.2, 0.25) is 0 Å². The highest BCUT2D eigenvalue weighted by Crippen LogP contribution is 2.32. The topological polar surface area (TPSA) is 71.8 Å². The number of aromatic amines is 1. The van der Waals surface area contributed by atoms with Crippen molar-refractivity contribution in [3.8, 4) is 0 Å². The summed E-state index contributed by atoms with van der Waals surface area (Å²) in [6.07, 6.45) is -3.69. The van der Waals surface area contributed by atoms with E-state index in [-0.39, 0.29) is 16.9 Å². The molecule has 1 aromatic carbocycles. The molecule has 0 unspecified atom stereocenters. The highest BCUT2D eigenvalue weighted by molar-refractivity contribution is 6.11. The average molecular weight is 273 g/mol. The van der Waals surface area contributed by atoms with Crippen molar-refractivity contribution < 1.29 is 22.4 Å². The first-order chi connectivity index (χ1) is 8.80. The molecule has 1 aromatic heterocycles. The lowest BCUT2D eigenvalue weighted by Gasteiger charge is -2.08. The molecule has 0 saturated heterocycles. The van der Waals surface area contributed by atoms with E-state index in [0.717, 1.165) is 12.3 Å². The minimum absolute atomic E-state index is 0.0286. The Morgan fingerprint density at radius 1 is 1.32 bits per heavy atom. The summed E-state index contributed by atoms with van der Waals surface area (Å²) >= 11 is 0. The summed E-state index contributed by atoms with van der Waals surface area (Å²) in [5.41, 5.74) is 3.71. The van der Waals surface area contributed by atoms with E-state index in [9.17, 15) is 22.4 Å². The van der Waals surface area contributed by atoms with Crippen LogP contribution in [0.4, 0.5) is 23.4 Å². The van der Waals surface area contributed by atoms with Crippen LogP contribution in [0.25, 0.3) is 0 Å². The second kappa shape index (κ2) is 4.38. The summed E-state index contributed by atoms with van der Waals surface area (Å²) in [4.78, 5) is 11.9. The minimum Gasteiger partial charge on any atom is -0.383 e. The Kier molecular flexibility index (Phi) is 3.01. The third-order valence-electron chi connectivity index (χ3n) is 2.45. The number of hydrogen-bond acceptors (Lipinski definition) is 3. The molecule has 0 amide bonds. The number of benzene rings is 1. The third kappa shape index (κ3) is 2.42. The number of nitrogens with zero attached hydrogens (tertiary/aromatic N) is 1. The number of rotatable bonds is 2. The van der Waals surface area contributed by atoms with Crippen molar-refractivity contribution in [1.82, 2.24) is 10.2 Å². The van der Waals surface area contributed by atoms with Gasteiger partial charge in [0.1, 0.15) is 11.6 Å². The number of halogens is 4. The van der Waals surface area contributed by atoms with Gasteiger partial charge in [0.05, 0.1) is 17.3 Å². The van der Waals surface area contributed by atoms with Crippen LogP contribution in [0.1, 0.15) is 21.5 Å². The van der Waals surface area contributed by atoms with Crippen LogP contribution < -0.4 is 5.73 Å². The van der Waals surface area contributed by atoms with E-state index in [1.54, 1.807) is 0 Å². The summed E-state index contributed by atoms with van der Waals surface area (Å²) in [5, 5.41) is 5.81. The van der Waals surface area contributed by atoms with Gasteiger partial charge in [-0.15, -0.1) is 0 Å². The largest absolute Gasteiger partial charge is 0.419 e. The highest BCUT2D eigenvalue weighted by Gasteiger charge is 2.34. The molecule has 0 saturated carbocycles. The molecule has 3 N–H and O–H groups in total. The Morgan fingerprint density at radius 2 is 2.00 bits per heavy atom. The summed E-state index contributed by atoms with van der Waals surface area (Å²) < 4.78 is 50.4. The Hall–Kier alpha value is -2.38. The van der Waals surface area contributed by atoms with Crippen molar-refractivity contribution in [3.63, 3.8) is 0 Å². The smallest absolute Gasteiger partial charge is 0.383 e. The molecule has 0 aliphatic heterocycles. The Bertz CT molecular complexity index is 633. The quantitative estimate of drug-likeness (QED) is 0.651. The standard InChI is InChI=1S/C11H7F4N3O/c12-8-3-5(1-2-7(8)11(13,14)15)9(19)6-4-17-18-10(6)16/h1-4H,(H3,16,17,18). The van der Waals surface area contributed by atoms with Gasteiger partial charge in [-0.2, -0.15) is 18.3 Å². The van der Waals surface area contributed by atoms with Crippen LogP contribution in [0.15, 0.2) is 24.4 Å². The Morgan fingerprint density at radius 3 is 2.47 bits per heavy atom. The predicted molar refractivity (Wildman–Crippen MR) is 57.8 cm³/mol. The molecule has 19 heavy (non-hydrogen) atoms. The predicted octanol–water partition coefficient (Wildman–Crippen LogP) is 2.38. The molecule has 8 heteroatoms. The zero-order valence-corrected chi connectivity index (χ0v) is 9.25. The summed E-state index contributed by atoms with van der Waals surface area (Å²) in [6.45, 7) is 0. The number of nitrogen functional groups attached to an aromatic ring is 1. The van der Waals surface area contributed by atoms with Crippen molar-refractivity contribution in [1.29, 1.82) is 0 Å². The number of H-pyrrole nitrogens is 1. The maximum atomic E-state index is 13.3. The maximum absolute atomic E-state index is 13.3. The molecular formula is C11H7F4N3O. The maximum Gasteiger partial charge on any atom is 0.419 e. The van der Waals surface area contributed by atoms with Gasteiger partial charge in [-0.05, 0) is 12.1 Å². The average Bonchev–Trinajstić information content (AvgIpc) is 2.72.